The first-order valence-corrected chi connectivity index (χ1v) is 14.7. The molecule has 4 N–H and O–H groups in total. The maximum Gasteiger partial charge on any atom is 0.490 e. The van der Waals surface area contributed by atoms with Crippen LogP contribution in [-0.4, -0.2) is 94.5 Å². The minimum absolute atomic E-state index is 0.0536. The highest BCUT2D eigenvalue weighted by Crippen LogP contribution is 2.33. The van der Waals surface area contributed by atoms with E-state index in [0.29, 0.717) is 30.3 Å². The number of piperidine rings is 1. The Bertz CT molecular complexity index is 1590. The number of likely N-dealkylation sites (tertiary alicyclic amines) is 1. The standard InChI is InChI=1S/C27H29ClN4O2.2C2HF3O2/c28-24-7-3-4-20(16-24)18-32-19-30-26(34)27(32)10-13-31(14-11-27)15-12-29-25(33)23-9-8-21-5-1-2-6-22(21)17-23;2*3-2(4,5)1(6)7/h1-9,16-17H,10-15,18-19H2,(H,29,33)(H,30,34);2*(H,6,7). The number of nitrogens with one attached hydrogen (secondary N) is 2. The van der Waals surface area contributed by atoms with E-state index in [1.54, 1.807) is 0 Å². The van der Waals surface area contributed by atoms with Gasteiger partial charge in [0.1, 0.15) is 5.54 Å². The van der Waals surface area contributed by atoms with Crippen LogP contribution >= 0.6 is 11.6 Å². The van der Waals surface area contributed by atoms with Crippen molar-refractivity contribution in [1.82, 2.24) is 20.4 Å². The number of benzene rings is 3. The lowest BCUT2D eigenvalue weighted by molar-refractivity contribution is -0.193. The number of carboxylic acid groups (broad SMARTS) is 2. The Morgan fingerprint density at radius 3 is 2.00 bits per heavy atom. The van der Waals surface area contributed by atoms with Gasteiger partial charge in [0.25, 0.3) is 5.91 Å². The topological polar surface area (TPSA) is 139 Å². The number of carbonyl (C=O) groups excluding carboxylic acids is 2. The summed E-state index contributed by atoms with van der Waals surface area (Å²) in [6.45, 7) is 4.26. The number of hydrogen-bond acceptors (Lipinski definition) is 6. The van der Waals surface area contributed by atoms with Gasteiger partial charge in [-0.05, 0) is 53.4 Å². The minimum Gasteiger partial charge on any atom is -0.475 e. The molecule has 48 heavy (non-hydrogen) atoms. The normalized spacial score (nSPS) is 16.3. The molecule has 10 nitrogen and oxygen atoms in total. The number of nitrogens with zero attached hydrogens (tertiary/aromatic N) is 2. The predicted molar refractivity (Wildman–Crippen MR) is 162 cm³/mol. The molecular weight excluding hydrogens is 674 g/mol. The van der Waals surface area contributed by atoms with E-state index in [0.717, 1.165) is 48.8 Å². The van der Waals surface area contributed by atoms with Crippen LogP contribution in [0.25, 0.3) is 10.8 Å². The van der Waals surface area contributed by atoms with Gasteiger partial charge in [-0.3, -0.25) is 14.5 Å². The Hall–Kier alpha value is -4.41. The fraction of sp³-hybridized carbons (Fsp3) is 0.355. The molecule has 2 heterocycles. The van der Waals surface area contributed by atoms with Gasteiger partial charge in [-0.2, -0.15) is 26.3 Å². The molecule has 0 aromatic heterocycles. The minimum atomic E-state index is -5.08. The van der Waals surface area contributed by atoms with E-state index in [4.69, 9.17) is 31.4 Å². The smallest absolute Gasteiger partial charge is 0.475 e. The van der Waals surface area contributed by atoms with Crippen molar-refractivity contribution in [2.24, 2.45) is 0 Å². The Morgan fingerprint density at radius 1 is 0.854 bits per heavy atom. The largest absolute Gasteiger partial charge is 0.490 e. The highest BCUT2D eigenvalue weighted by atomic mass is 35.5. The summed E-state index contributed by atoms with van der Waals surface area (Å²) < 4.78 is 63.5. The fourth-order valence-corrected chi connectivity index (χ4v) is 5.35. The second kappa shape index (κ2) is 16.1. The highest BCUT2D eigenvalue weighted by Gasteiger charge is 2.49. The van der Waals surface area contributed by atoms with Gasteiger partial charge < -0.3 is 25.7 Å². The second-order valence-electron chi connectivity index (χ2n) is 10.8. The molecular formula is C31H31ClF6N4O6. The Morgan fingerprint density at radius 2 is 1.44 bits per heavy atom. The average molecular weight is 705 g/mol. The molecule has 3 aromatic carbocycles. The molecule has 0 atom stereocenters. The molecule has 2 amide bonds. The summed E-state index contributed by atoms with van der Waals surface area (Å²) in [5.74, 6) is -5.44. The molecule has 1 spiro atoms. The van der Waals surface area contributed by atoms with Gasteiger partial charge in [-0.15, -0.1) is 0 Å². The van der Waals surface area contributed by atoms with E-state index in [-0.39, 0.29) is 11.8 Å². The number of carboxylic acids is 2. The van der Waals surface area contributed by atoms with Gasteiger partial charge >= 0.3 is 24.3 Å². The first-order chi connectivity index (χ1) is 22.4. The Kier molecular flexibility index (Phi) is 12.8. The molecule has 2 fully saturated rings. The number of halogens is 7. The zero-order chi connectivity index (χ0) is 35.7. The monoisotopic (exact) mass is 704 g/mol. The summed E-state index contributed by atoms with van der Waals surface area (Å²) in [5, 5.41) is 23.2. The van der Waals surface area contributed by atoms with Gasteiger partial charge in [0.2, 0.25) is 5.91 Å². The summed E-state index contributed by atoms with van der Waals surface area (Å²) in [4.78, 5) is 47.8. The van der Waals surface area contributed by atoms with Crippen LogP contribution in [0.3, 0.4) is 0 Å². The number of amides is 2. The van der Waals surface area contributed by atoms with Crippen molar-refractivity contribution in [2.45, 2.75) is 37.3 Å². The summed E-state index contributed by atoms with van der Waals surface area (Å²) in [7, 11) is 0. The molecule has 0 unspecified atom stereocenters. The lowest BCUT2D eigenvalue weighted by Gasteiger charge is -2.42. The molecule has 2 aliphatic heterocycles. The number of rotatable bonds is 6. The van der Waals surface area contributed by atoms with Crippen molar-refractivity contribution in [2.75, 3.05) is 32.8 Å². The maximum absolute atomic E-state index is 12.8. The van der Waals surface area contributed by atoms with Crippen LogP contribution in [0.5, 0.6) is 0 Å². The fourth-order valence-electron chi connectivity index (χ4n) is 5.14. The molecule has 0 saturated carbocycles. The van der Waals surface area contributed by atoms with Crippen molar-refractivity contribution in [1.29, 1.82) is 0 Å². The van der Waals surface area contributed by atoms with E-state index in [1.165, 1.54) is 0 Å². The lowest BCUT2D eigenvalue weighted by Crippen LogP contribution is -2.56. The highest BCUT2D eigenvalue weighted by molar-refractivity contribution is 6.30. The van der Waals surface area contributed by atoms with Gasteiger partial charge in [0.05, 0.1) is 6.67 Å². The number of carbonyl (C=O) groups is 4. The second-order valence-corrected chi connectivity index (χ2v) is 11.2. The number of alkyl halides is 6. The van der Waals surface area contributed by atoms with Crippen LogP contribution < -0.4 is 10.6 Å². The van der Waals surface area contributed by atoms with Gasteiger partial charge in [0, 0.05) is 43.3 Å². The molecule has 5 rings (SSSR count). The first-order valence-electron chi connectivity index (χ1n) is 14.3. The molecule has 260 valence electrons. The quantitative estimate of drug-likeness (QED) is 0.266. The third kappa shape index (κ3) is 10.6. The summed E-state index contributed by atoms with van der Waals surface area (Å²) >= 11 is 6.15. The zero-order valence-corrected chi connectivity index (χ0v) is 25.8. The number of aliphatic carboxylic acids is 2. The van der Waals surface area contributed by atoms with Crippen LogP contribution in [-0.2, 0) is 20.9 Å². The predicted octanol–water partition coefficient (Wildman–Crippen LogP) is 4.91. The third-order valence-corrected chi connectivity index (χ3v) is 7.85. The van der Waals surface area contributed by atoms with Gasteiger partial charge in [-0.1, -0.05) is 54.1 Å². The van der Waals surface area contributed by atoms with Crippen LogP contribution in [0.4, 0.5) is 26.3 Å². The van der Waals surface area contributed by atoms with Crippen LogP contribution in [0.1, 0.15) is 28.8 Å². The number of fused-ring (bicyclic) bond motifs is 1. The summed E-state index contributed by atoms with van der Waals surface area (Å²) in [6.07, 6.45) is -8.62. The zero-order valence-electron chi connectivity index (χ0n) is 25.1. The molecule has 2 saturated heterocycles. The van der Waals surface area contributed by atoms with Gasteiger partial charge in [-0.25, -0.2) is 9.59 Å². The van der Waals surface area contributed by atoms with Crippen molar-refractivity contribution >= 4 is 46.1 Å². The van der Waals surface area contributed by atoms with Crippen LogP contribution in [0, 0.1) is 0 Å². The molecule has 3 aromatic rings. The van der Waals surface area contributed by atoms with E-state index in [1.807, 2.05) is 60.7 Å². The van der Waals surface area contributed by atoms with Crippen molar-refractivity contribution in [3.05, 3.63) is 82.9 Å². The summed E-state index contributed by atoms with van der Waals surface area (Å²) in [6, 6.07) is 21.7. The van der Waals surface area contributed by atoms with E-state index < -0.39 is 29.8 Å². The SMILES string of the molecule is O=C(NCCN1CCC2(CC1)C(=O)NCN2Cc1cccc(Cl)c1)c1ccc2ccccc2c1.O=C(O)C(F)(F)F.O=C(O)C(F)(F)F. The number of hydrogen-bond donors (Lipinski definition) is 4. The molecule has 0 radical (unpaired) electrons. The Labute approximate surface area is 275 Å². The van der Waals surface area contributed by atoms with Crippen molar-refractivity contribution < 1.29 is 55.7 Å². The van der Waals surface area contributed by atoms with E-state index in [9.17, 15) is 35.9 Å². The van der Waals surface area contributed by atoms with E-state index in [2.05, 4.69) is 26.5 Å². The van der Waals surface area contributed by atoms with Gasteiger partial charge in [0.15, 0.2) is 0 Å². The molecule has 0 aliphatic carbocycles. The third-order valence-electron chi connectivity index (χ3n) is 7.61. The van der Waals surface area contributed by atoms with Crippen molar-refractivity contribution in [3.8, 4) is 0 Å². The average Bonchev–Trinajstić information content (AvgIpc) is 3.31. The molecule has 0 bridgehead atoms. The van der Waals surface area contributed by atoms with Crippen LogP contribution in [0.2, 0.25) is 5.02 Å². The lowest BCUT2D eigenvalue weighted by atomic mass is 9.85. The molecule has 2 aliphatic rings. The van der Waals surface area contributed by atoms with E-state index >= 15 is 0 Å². The first kappa shape index (κ1) is 38.0. The summed E-state index contributed by atoms with van der Waals surface area (Å²) in [5.41, 5.74) is 1.32. The van der Waals surface area contributed by atoms with Crippen molar-refractivity contribution in [3.63, 3.8) is 0 Å². The maximum atomic E-state index is 12.8. The Balaban J connectivity index is 0.000000376. The van der Waals surface area contributed by atoms with Crippen LogP contribution in [0.15, 0.2) is 66.7 Å². The molecule has 17 heteroatoms.